The molecule has 1 fully saturated rings. The zero-order chi connectivity index (χ0) is 12.5. The molecular formula is C11H16N6O. The molecule has 1 saturated heterocycles. The van der Waals surface area contributed by atoms with E-state index in [1.54, 1.807) is 0 Å². The average molecular weight is 248 g/mol. The molecule has 0 bridgehead atoms. The Morgan fingerprint density at radius 2 is 2.44 bits per heavy atom. The van der Waals surface area contributed by atoms with Crippen LogP contribution in [0.1, 0.15) is 12.8 Å². The van der Waals surface area contributed by atoms with Crippen LogP contribution in [-0.4, -0.2) is 39.2 Å². The Hall–Kier alpha value is -1.89. The normalized spacial score (nSPS) is 20.5. The molecule has 3 N–H and O–H groups in total. The lowest BCUT2D eigenvalue weighted by molar-refractivity contribution is 0.421. The van der Waals surface area contributed by atoms with Gasteiger partial charge in [-0.25, -0.2) is 19.3 Å². The van der Waals surface area contributed by atoms with Crippen LogP contribution in [0.5, 0.6) is 0 Å². The number of nitrogens with one attached hydrogen (secondary N) is 1. The molecule has 1 unspecified atom stereocenters. The molecule has 0 saturated carbocycles. The van der Waals surface area contributed by atoms with Crippen molar-refractivity contribution >= 4 is 11.5 Å². The second-order valence-corrected chi connectivity index (χ2v) is 4.69. The minimum Gasteiger partial charge on any atom is -0.356 e. The maximum Gasteiger partial charge on any atom is 0.348 e. The molecule has 2 aromatic heterocycles. The van der Waals surface area contributed by atoms with Crippen molar-refractivity contribution in [2.45, 2.75) is 12.8 Å². The van der Waals surface area contributed by atoms with Gasteiger partial charge in [-0.1, -0.05) is 0 Å². The van der Waals surface area contributed by atoms with Crippen molar-refractivity contribution in [2.75, 3.05) is 24.5 Å². The molecule has 7 heteroatoms. The van der Waals surface area contributed by atoms with Crippen molar-refractivity contribution in [1.29, 1.82) is 0 Å². The SMILES string of the molecule is NCC1CCCN(c2cc3n[nH]c(=O)n3cn2)C1. The first kappa shape index (κ1) is 11.2. The van der Waals surface area contributed by atoms with E-state index in [1.165, 1.54) is 17.1 Å². The number of H-pyrrole nitrogens is 1. The van der Waals surface area contributed by atoms with Gasteiger partial charge in [-0.15, -0.1) is 0 Å². The summed E-state index contributed by atoms with van der Waals surface area (Å²) in [6.07, 6.45) is 3.82. The van der Waals surface area contributed by atoms with Gasteiger partial charge in [0.1, 0.15) is 12.1 Å². The third-order valence-electron chi connectivity index (χ3n) is 3.47. The number of piperidine rings is 1. The zero-order valence-corrected chi connectivity index (χ0v) is 10.0. The van der Waals surface area contributed by atoms with Gasteiger partial charge in [-0.05, 0) is 25.3 Å². The first-order valence-electron chi connectivity index (χ1n) is 6.15. The Kier molecular flexibility index (Phi) is 2.75. The van der Waals surface area contributed by atoms with E-state index in [2.05, 4.69) is 20.1 Å². The molecule has 7 nitrogen and oxygen atoms in total. The lowest BCUT2D eigenvalue weighted by Crippen LogP contribution is -2.38. The summed E-state index contributed by atoms with van der Waals surface area (Å²) in [7, 11) is 0. The molecule has 2 aromatic rings. The standard InChI is InChI=1S/C11H16N6O/c12-5-8-2-1-3-16(6-8)9-4-10-14-15-11(18)17(10)7-13-9/h4,7-8H,1-3,5-6,12H2,(H,15,18). The highest BCUT2D eigenvalue weighted by Gasteiger charge is 2.20. The molecule has 3 heterocycles. The molecule has 0 amide bonds. The summed E-state index contributed by atoms with van der Waals surface area (Å²) in [5.74, 6) is 1.39. The number of nitrogens with two attached hydrogens (primary N) is 1. The number of aromatic nitrogens is 4. The number of anilines is 1. The summed E-state index contributed by atoms with van der Waals surface area (Å²) < 4.78 is 1.40. The first-order valence-corrected chi connectivity index (χ1v) is 6.15. The minimum atomic E-state index is -0.262. The van der Waals surface area contributed by atoms with Gasteiger partial charge in [-0.2, -0.15) is 5.10 Å². The zero-order valence-electron chi connectivity index (χ0n) is 10.0. The Morgan fingerprint density at radius 3 is 3.28 bits per heavy atom. The van der Waals surface area contributed by atoms with Gasteiger partial charge in [0.05, 0.1) is 0 Å². The van der Waals surface area contributed by atoms with Crippen molar-refractivity contribution < 1.29 is 0 Å². The first-order chi connectivity index (χ1) is 8.78. The number of fused-ring (bicyclic) bond motifs is 1. The maximum atomic E-state index is 11.3. The van der Waals surface area contributed by atoms with Crippen LogP contribution in [0.4, 0.5) is 5.82 Å². The summed E-state index contributed by atoms with van der Waals surface area (Å²) in [6, 6.07) is 1.83. The van der Waals surface area contributed by atoms with Gasteiger partial charge in [-0.3, -0.25) is 0 Å². The Morgan fingerprint density at radius 1 is 1.56 bits per heavy atom. The molecule has 1 aliphatic rings. The molecule has 0 spiro atoms. The third-order valence-corrected chi connectivity index (χ3v) is 3.47. The van der Waals surface area contributed by atoms with Gasteiger partial charge in [0.25, 0.3) is 0 Å². The monoisotopic (exact) mass is 248 g/mol. The van der Waals surface area contributed by atoms with Crippen LogP contribution in [0.15, 0.2) is 17.2 Å². The Balaban J connectivity index is 1.91. The van der Waals surface area contributed by atoms with Crippen LogP contribution < -0.4 is 16.3 Å². The fraction of sp³-hybridized carbons (Fsp3) is 0.545. The quantitative estimate of drug-likeness (QED) is 0.754. The highest BCUT2D eigenvalue weighted by atomic mass is 16.1. The molecule has 96 valence electrons. The van der Waals surface area contributed by atoms with Crippen molar-refractivity contribution in [3.05, 3.63) is 22.9 Å². The molecule has 18 heavy (non-hydrogen) atoms. The molecule has 3 rings (SSSR count). The molecule has 1 aliphatic heterocycles. The fourth-order valence-corrected chi connectivity index (χ4v) is 2.44. The summed E-state index contributed by atoms with van der Waals surface area (Å²) in [6.45, 7) is 2.61. The maximum absolute atomic E-state index is 11.3. The van der Waals surface area contributed by atoms with Gasteiger partial charge in [0.2, 0.25) is 0 Å². The number of hydrogen-bond acceptors (Lipinski definition) is 5. The van der Waals surface area contributed by atoms with Gasteiger partial charge in [0.15, 0.2) is 5.65 Å². The average Bonchev–Trinajstić information content (AvgIpc) is 2.80. The summed E-state index contributed by atoms with van der Waals surface area (Å²) in [5.41, 5.74) is 6.06. The molecular weight excluding hydrogens is 232 g/mol. The van der Waals surface area contributed by atoms with Crippen LogP contribution in [0.2, 0.25) is 0 Å². The number of rotatable bonds is 2. The lowest BCUT2D eigenvalue weighted by atomic mass is 9.98. The second kappa shape index (κ2) is 4.41. The van der Waals surface area contributed by atoms with Gasteiger partial charge >= 0.3 is 5.69 Å². The van der Waals surface area contributed by atoms with Crippen molar-refractivity contribution in [3.63, 3.8) is 0 Å². The van der Waals surface area contributed by atoms with E-state index in [1.807, 2.05) is 6.07 Å². The van der Waals surface area contributed by atoms with Crippen LogP contribution in [-0.2, 0) is 0 Å². The largest absolute Gasteiger partial charge is 0.356 e. The van der Waals surface area contributed by atoms with E-state index >= 15 is 0 Å². The van der Waals surface area contributed by atoms with E-state index in [-0.39, 0.29) is 5.69 Å². The highest BCUT2D eigenvalue weighted by Crippen LogP contribution is 2.21. The molecule has 1 atom stereocenters. The van der Waals surface area contributed by atoms with E-state index in [0.717, 1.165) is 25.3 Å². The van der Waals surface area contributed by atoms with E-state index < -0.39 is 0 Å². The fourth-order valence-electron chi connectivity index (χ4n) is 2.44. The number of hydrogen-bond donors (Lipinski definition) is 2. The summed E-state index contributed by atoms with van der Waals surface area (Å²) >= 11 is 0. The second-order valence-electron chi connectivity index (χ2n) is 4.69. The van der Waals surface area contributed by atoms with E-state index in [9.17, 15) is 4.79 Å². The van der Waals surface area contributed by atoms with Crippen molar-refractivity contribution in [2.24, 2.45) is 11.7 Å². The van der Waals surface area contributed by atoms with E-state index in [4.69, 9.17) is 5.73 Å². The van der Waals surface area contributed by atoms with Crippen LogP contribution >= 0.6 is 0 Å². The summed E-state index contributed by atoms with van der Waals surface area (Å²) in [5, 5.41) is 6.35. The topological polar surface area (TPSA) is 92.3 Å². The van der Waals surface area contributed by atoms with Crippen LogP contribution in [0, 0.1) is 5.92 Å². The van der Waals surface area contributed by atoms with Gasteiger partial charge < -0.3 is 10.6 Å². The van der Waals surface area contributed by atoms with Gasteiger partial charge in [0, 0.05) is 19.2 Å². The molecule has 0 aromatic carbocycles. The Labute approximate surface area is 104 Å². The predicted octanol–water partition coefficient (Wildman–Crippen LogP) is -0.407. The van der Waals surface area contributed by atoms with E-state index in [0.29, 0.717) is 18.1 Å². The Bertz CT molecular complexity index is 603. The van der Waals surface area contributed by atoms with Crippen LogP contribution in [0.3, 0.4) is 0 Å². The van der Waals surface area contributed by atoms with Crippen molar-refractivity contribution in [3.8, 4) is 0 Å². The predicted molar refractivity (Wildman–Crippen MR) is 67.6 cm³/mol. The number of aromatic amines is 1. The highest BCUT2D eigenvalue weighted by molar-refractivity contribution is 5.50. The molecule has 0 aliphatic carbocycles. The summed E-state index contributed by atoms with van der Waals surface area (Å²) in [4.78, 5) is 17.9. The molecule has 0 radical (unpaired) electrons. The smallest absolute Gasteiger partial charge is 0.348 e. The van der Waals surface area contributed by atoms with Crippen LogP contribution in [0.25, 0.3) is 5.65 Å². The van der Waals surface area contributed by atoms with Crippen molar-refractivity contribution in [1.82, 2.24) is 19.6 Å². The number of nitrogens with zero attached hydrogens (tertiary/aromatic N) is 4. The lowest BCUT2D eigenvalue weighted by Gasteiger charge is -2.32. The third kappa shape index (κ3) is 1.86. The minimum absolute atomic E-state index is 0.262.